The van der Waals surface area contributed by atoms with E-state index in [0.29, 0.717) is 5.72 Å². The van der Waals surface area contributed by atoms with Crippen LogP contribution in [0.25, 0.3) is 4.29 Å². The molecule has 0 saturated heterocycles. The van der Waals surface area contributed by atoms with Gasteiger partial charge in [-0.1, -0.05) is 0 Å². The first-order valence-corrected chi connectivity index (χ1v) is 4.64. The third-order valence-corrected chi connectivity index (χ3v) is 1.70. The maximum Gasteiger partial charge on any atom is 0.328 e. The van der Waals surface area contributed by atoms with Crippen molar-refractivity contribution in [2.45, 2.75) is 38.9 Å². The van der Waals surface area contributed by atoms with E-state index in [-0.39, 0.29) is 11.8 Å². The molecule has 16 heavy (non-hydrogen) atoms. The Bertz CT molecular complexity index is 407. The zero-order valence-electron chi connectivity index (χ0n) is 14.2. The van der Waals surface area contributed by atoms with Crippen molar-refractivity contribution >= 4 is 17.8 Å². The molecule has 3 atom stereocenters. The first kappa shape index (κ1) is 7.61. The van der Waals surface area contributed by atoms with Gasteiger partial charge in [0.1, 0.15) is 14.9 Å². The second-order valence-electron chi connectivity index (χ2n) is 3.28. The van der Waals surface area contributed by atoms with Gasteiger partial charge in [0, 0.05) is 0 Å². The highest BCUT2D eigenvalue weighted by molar-refractivity contribution is 5.87. The smallest absolute Gasteiger partial charge is 0.328 e. The van der Waals surface area contributed by atoms with Gasteiger partial charge in [-0.2, -0.15) is 0 Å². The van der Waals surface area contributed by atoms with E-state index in [1.165, 1.54) is 20.8 Å². The van der Waals surface area contributed by atoms with E-state index >= 15 is 0 Å². The van der Waals surface area contributed by atoms with Crippen molar-refractivity contribution in [3.05, 3.63) is 0 Å². The highest BCUT2D eigenvalue weighted by Crippen LogP contribution is 1.98. The van der Waals surface area contributed by atoms with E-state index in [1.54, 1.807) is 0 Å². The van der Waals surface area contributed by atoms with Crippen molar-refractivity contribution in [3.8, 4) is 0 Å². The number of aliphatic hydroxyl groups is 2. The van der Waals surface area contributed by atoms with Crippen LogP contribution in [0.1, 0.15) is 20.8 Å². The molecule has 0 aliphatic rings. The van der Waals surface area contributed by atoms with Gasteiger partial charge < -0.3 is 21.0 Å². The molecule has 0 bridgehead atoms. The first-order valence-electron chi connectivity index (χ1n) is 6.76. The minimum Gasteiger partial charge on any atom is -0.495 e. The van der Waals surface area contributed by atoms with Crippen molar-refractivity contribution in [3.63, 3.8) is 0 Å². The Morgan fingerprint density at radius 3 is 2.31 bits per heavy atom. The summed E-state index contributed by atoms with van der Waals surface area (Å²) >= 11 is 0. The van der Waals surface area contributed by atoms with Crippen LogP contribution in [0.4, 0.5) is 0 Å². The van der Waals surface area contributed by atoms with Gasteiger partial charge in [0.15, 0.2) is 5.90 Å². The molecule has 0 aromatic heterocycles. The zero-order valence-corrected chi connectivity index (χ0v) is 9.21. The summed E-state index contributed by atoms with van der Waals surface area (Å²) in [6.07, 6.45) is 0. The van der Waals surface area contributed by atoms with Crippen LogP contribution in [0.2, 0.25) is 2.82 Å². The molecule has 0 aliphatic carbocycles. The summed E-state index contributed by atoms with van der Waals surface area (Å²) in [5.41, 5.74) is 0.290. The fraction of sp³-hybridized carbons (Fsp3) is 0.667. The molecule has 0 unspecified atom stereocenters. The van der Waals surface area contributed by atoms with Gasteiger partial charge in [0.25, 0.3) is 4.29 Å². The number of aliphatic carboxylic acids is 1. The molecule has 5 N–H and O–H groups in total. The summed E-state index contributed by atoms with van der Waals surface area (Å²) in [7, 11) is 0. The predicted molar refractivity (Wildman–Crippen MR) is 60.3 cm³/mol. The van der Waals surface area contributed by atoms with E-state index in [9.17, 15) is 4.79 Å². The average molecular weight is 236 g/mol. The zero-order chi connectivity index (χ0) is 16.6. The lowest BCUT2D eigenvalue weighted by Gasteiger charge is -2.09. The van der Waals surface area contributed by atoms with E-state index in [1.807, 2.05) is 0 Å². The van der Waals surface area contributed by atoms with Crippen LogP contribution >= 0.6 is 0 Å². The molecule has 0 heterocycles. The molecule has 0 aliphatic heterocycles. The number of aliphatic hydroxyl groups excluding tert-OH is 2. The first-order chi connectivity index (χ1) is 9.78. The normalized spacial score (nSPS) is 22.9. The lowest BCUT2D eigenvalue weighted by atomic mass is 10.3. The number of aliphatic imine (C=N–C) groups is 2. The van der Waals surface area contributed by atoms with Crippen LogP contribution in [-0.2, 0) is 4.79 Å². The molecular formula is C9H17N3O4. The topological polar surface area (TPSA) is 128 Å². The number of hydrogen-bond acceptors (Lipinski definition) is 7. The maximum absolute atomic E-state index is 11.1. The molecule has 0 aromatic carbocycles. The van der Waals surface area contributed by atoms with Crippen molar-refractivity contribution in [1.29, 1.82) is 4.29 Å². The number of carboxylic acids is 1. The van der Waals surface area contributed by atoms with Crippen molar-refractivity contribution in [2.75, 3.05) is 0 Å². The van der Waals surface area contributed by atoms with E-state index in [4.69, 9.17) is 7.12 Å². The molecule has 92 valence electrons. The van der Waals surface area contributed by atoms with Crippen molar-refractivity contribution in [2.24, 2.45) is 15.7 Å². The maximum atomic E-state index is 11.1. The highest BCUT2D eigenvalue weighted by atomic mass is 16.4. The van der Waals surface area contributed by atoms with Crippen LogP contribution in [0.3, 0.4) is 0 Å². The summed E-state index contributed by atoms with van der Waals surface area (Å²) < 4.78 is 34.4. The average Bonchev–Trinajstić information content (AvgIpc) is 2.47. The monoisotopic (exact) mass is 236 g/mol. The Kier molecular flexibility index (Phi) is 2.88. The molecule has 0 rings (SSSR count). The van der Waals surface area contributed by atoms with E-state index in [0.717, 1.165) is 0 Å². The number of carboxylic acid groups (broad SMARTS) is 1. The molecule has 0 aromatic rings. The van der Waals surface area contributed by atoms with Crippen LogP contribution in [0.5, 0.6) is 0 Å². The number of hydrogen-bond donors (Lipinski definition) is 4. The third-order valence-electron chi connectivity index (χ3n) is 1.70. The summed E-state index contributed by atoms with van der Waals surface area (Å²) in [5, 5.41) is 12.2. The molecule has 0 radical (unpaired) electrons. The fourth-order valence-electron chi connectivity index (χ4n) is 0.705. The molecule has 0 spiro atoms. The lowest BCUT2D eigenvalue weighted by Crippen LogP contribution is -2.29. The van der Waals surface area contributed by atoms with Gasteiger partial charge in [-0.3, -0.25) is 0 Å². The van der Waals surface area contributed by atoms with Gasteiger partial charge in [0.2, 0.25) is 5.90 Å². The molecule has 7 heteroatoms. The second-order valence-corrected chi connectivity index (χ2v) is 3.28. The van der Waals surface area contributed by atoms with Crippen LogP contribution in [0, 0.1) is 0 Å². The number of nitrogens with two attached hydrogens (primary N) is 1. The fourth-order valence-corrected chi connectivity index (χ4v) is 0.705. The second kappa shape index (κ2) is 6.06. The molecule has 0 amide bonds. The van der Waals surface area contributed by atoms with Crippen LogP contribution < -0.4 is 5.72 Å². The van der Waals surface area contributed by atoms with Gasteiger partial charge >= 0.3 is 5.97 Å². The Morgan fingerprint density at radius 1 is 1.19 bits per heavy atom. The summed E-state index contributed by atoms with van der Waals surface area (Å²) in [4.78, 5) is 18.7. The number of carbonyl (C=O) groups is 1. The molecule has 0 saturated carbocycles. The number of rotatable bonds is 6. The van der Waals surface area contributed by atoms with E-state index < -0.39 is 24.1 Å². The largest absolute Gasteiger partial charge is 0.495 e. The molecule has 0 fully saturated rings. The summed E-state index contributed by atoms with van der Waals surface area (Å²) in [6.45, 7) is 4.21. The van der Waals surface area contributed by atoms with Crippen LogP contribution in [0.15, 0.2) is 9.98 Å². The lowest BCUT2D eigenvalue weighted by molar-refractivity contribution is -0.138. The Balaban J connectivity index is 5.20. The molecule has 7 nitrogen and oxygen atoms in total. The van der Waals surface area contributed by atoms with Crippen molar-refractivity contribution < 1.29 is 22.9 Å². The minimum absolute atomic E-state index is 0.257. The predicted octanol–water partition coefficient (Wildman–Crippen LogP) is 0.108. The Labute approximate surface area is 101 Å². The van der Waals surface area contributed by atoms with Gasteiger partial charge in [0.05, 0.1) is 6.04 Å². The Morgan fingerprint density at radius 2 is 1.81 bits per heavy atom. The van der Waals surface area contributed by atoms with Gasteiger partial charge in [-0.25, -0.2) is 14.8 Å². The van der Waals surface area contributed by atoms with Crippen molar-refractivity contribution in [1.82, 2.24) is 0 Å². The van der Waals surface area contributed by atoms with Gasteiger partial charge in [-0.15, -0.1) is 0 Å². The standard InChI is InChI=1S/C9H17N3O4/c1-4(10)7(13)11-5(2)8(14)12-6(3)9(15)16/h4-6H,10H2,1-3H3,(H,11,13)(H,12,14)(H,15,16)/t4-,5+,6+/m0/s1/i/hD5. The third kappa shape index (κ3) is 4.74. The minimum atomic E-state index is -1.07. The Hall–Kier alpha value is -1.63. The molecular weight excluding hydrogens is 214 g/mol. The SMILES string of the molecule is [2H]OC(=O)[C@@H](C)N=C(O[2H])[C@@H](C)N=C(O[2H])[C@H](C)N([2H])[2H]. The van der Waals surface area contributed by atoms with E-state index in [2.05, 4.69) is 25.3 Å². The number of nitrogens with zero attached hydrogens (tertiary/aromatic N) is 2. The summed E-state index contributed by atoms with van der Waals surface area (Å²) in [5.74, 6) is -1.46. The quantitative estimate of drug-likeness (QED) is 0.384. The summed E-state index contributed by atoms with van der Waals surface area (Å²) in [6, 6.07) is -2.89. The van der Waals surface area contributed by atoms with Gasteiger partial charge in [-0.05, 0) is 20.8 Å². The highest BCUT2D eigenvalue weighted by Gasteiger charge is 2.15. The van der Waals surface area contributed by atoms with Crippen LogP contribution in [-0.4, -0.2) is 51.2 Å².